The van der Waals surface area contributed by atoms with Crippen LogP contribution in [-0.4, -0.2) is 29.3 Å². The van der Waals surface area contributed by atoms with Crippen LogP contribution >= 0.6 is 15.9 Å². The Kier molecular flexibility index (Phi) is 5.76. The van der Waals surface area contributed by atoms with Crippen LogP contribution in [0.25, 0.3) is 0 Å². The zero-order valence-corrected chi connectivity index (χ0v) is 15.8. The molecule has 6 heteroatoms. The van der Waals surface area contributed by atoms with E-state index in [4.69, 9.17) is 9.26 Å². The minimum atomic E-state index is 0.273. The van der Waals surface area contributed by atoms with Crippen LogP contribution < -0.4 is 9.64 Å². The van der Waals surface area contributed by atoms with Gasteiger partial charge >= 0.3 is 6.01 Å². The number of hydrogen-bond donors (Lipinski definition) is 0. The summed E-state index contributed by atoms with van der Waals surface area (Å²) in [4.78, 5) is 6.78. The van der Waals surface area contributed by atoms with Crippen molar-refractivity contribution in [3.8, 4) is 5.75 Å². The average molecular weight is 394 g/mol. The first-order valence-corrected chi connectivity index (χ1v) is 9.38. The lowest BCUT2D eigenvalue weighted by Crippen LogP contribution is -2.43. The topological polar surface area (TPSA) is 51.4 Å². The van der Waals surface area contributed by atoms with Gasteiger partial charge in [0.25, 0.3) is 0 Å². The molecule has 0 bridgehead atoms. The van der Waals surface area contributed by atoms with E-state index in [9.17, 15) is 0 Å². The molecular formula is C18H24BrN3O2. The Hall–Kier alpha value is -1.56. The van der Waals surface area contributed by atoms with Crippen LogP contribution in [0.2, 0.25) is 0 Å². The highest BCUT2D eigenvalue weighted by Crippen LogP contribution is 2.25. The summed E-state index contributed by atoms with van der Waals surface area (Å²) in [5.41, 5.74) is 0. The fourth-order valence-corrected chi connectivity index (χ4v) is 3.22. The van der Waals surface area contributed by atoms with Crippen LogP contribution in [0.3, 0.4) is 0 Å². The molecule has 0 spiro atoms. The number of rotatable bonds is 6. The third-order valence-corrected chi connectivity index (χ3v) is 4.71. The molecule has 130 valence electrons. The molecule has 0 amide bonds. The molecule has 1 fully saturated rings. The van der Waals surface area contributed by atoms with Gasteiger partial charge in [-0.3, -0.25) is 0 Å². The lowest BCUT2D eigenvalue weighted by molar-refractivity contribution is 0.250. The first kappa shape index (κ1) is 17.3. The molecule has 24 heavy (non-hydrogen) atoms. The first-order valence-electron chi connectivity index (χ1n) is 8.59. The first-order chi connectivity index (χ1) is 11.6. The Morgan fingerprint density at radius 2 is 2.08 bits per heavy atom. The monoisotopic (exact) mass is 393 g/mol. The molecule has 0 saturated carbocycles. The molecule has 5 nitrogen and oxygen atoms in total. The largest absolute Gasteiger partial charge is 0.491 e. The second kappa shape index (κ2) is 8.01. The summed E-state index contributed by atoms with van der Waals surface area (Å²) in [6.07, 6.45) is 4.28. The van der Waals surface area contributed by atoms with Crippen molar-refractivity contribution in [2.45, 2.75) is 45.6 Å². The highest BCUT2D eigenvalue weighted by atomic mass is 79.9. The van der Waals surface area contributed by atoms with Gasteiger partial charge in [0, 0.05) is 17.4 Å². The molecule has 0 aliphatic carbocycles. The summed E-state index contributed by atoms with van der Waals surface area (Å²) >= 11 is 3.44. The molecule has 2 heterocycles. The summed E-state index contributed by atoms with van der Waals surface area (Å²) in [5.74, 6) is 2.20. The van der Waals surface area contributed by atoms with Crippen molar-refractivity contribution in [1.82, 2.24) is 10.1 Å². The Balaban J connectivity index is 1.64. The summed E-state index contributed by atoms with van der Waals surface area (Å²) in [6, 6.07) is 8.84. The minimum absolute atomic E-state index is 0.273. The minimum Gasteiger partial charge on any atom is -0.491 e. The number of nitrogens with zero attached hydrogens (tertiary/aromatic N) is 3. The number of hydrogen-bond acceptors (Lipinski definition) is 5. The van der Waals surface area contributed by atoms with E-state index >= 15 is 0 Å². The molecule has 0 N–H and O–H groups in total. The maximum atomic E-state index is 5.97. The standard InChI is InChI=1S/C18H24BrN3O2/c1-13(2)11-17-20-18(24-21-17)22-10-4-3-5-15(22)12-23-16-8-6-14(19)7-9-16/h6-9,13,15H,3-5,10-12H2,1-2H3. The Morgan fingerprint density at radius 3 is 2.83 bits per heavy atom. The van der Waals surface area contributed by atoms with Gasteiger partial charge in [-0.15, -0.1) is 0 Å². The molecule has 1 unspecified atom stereocenters. The maximum Gasteiger partial charge on any atom is 0.324 e. The third-order valence-electron chi connectivity index (χ3n) is 4.18. The van der Waals surface area contributed by atoms with Crippen LogP contribution in [-0.2, 0) is 6.42 Å². The van der Waals surface area contributed by atoms with E-state index in [-0.39, 0.29) is 6.04 Å². The summed E-state index contributed by atoms with van der Waals surface area (Å²) in [5, 5.41) is 4.12. The van der Waals surface area contributed by atoms with Crippen molar-refractivity contribution >= 4 is 21.9 Å². The molecular weight excluding hydrogens is 370 g/mol. The van der Waals surface area contributed by atoms with Gasteiger partial charge in [0.2, 0.25) is 0 Å². The molecule has 3 rings (SSSR count). The smallest absolute Gasteiger partial charge is 0.324 e. The van der Waals surface area contributed by atoms with E-state index in [0.29, 0.717) is 18.5 Å². The molecule has 1 aromatic carbocycles. The van der Waals surface area contributed by atoms with Crippen molar-refractivity contribution in [2.75, 3.05) is 18.1 Å². The zero-order valence-electron chi connectivity index (χ0n) is 14.2. The Bertz CT molecular complexity index is 642. The molecule has 1 aromatic heterocycles. The predicted octanol–water partition coefficient (Wildman–Crippen LogP) is 4.47. The van der Waals surface area contributed by atoms with Crippen LogP contribution in [0.5, 0.6) is 5.75 Å². The number of anilines is 1. The highest BCUT2D eigenvalue weighted by Gasteiger charge is 2.27. The van der Waals surface area contributed by atoms with Gasteiger partial charge in [0.15, 0.2) is 5.82 Å². The Labute approximate surface area is 151 Å². The van der Waals surface area contributed by atoms with Gasteiger partial charge in [0.1, 0.15) is 12.4 Å². The van der Waals surface area contributed by atoms with Crippen molar-refractivity contribution < 1.29 is 9.26 Å². The van der Waals surface area contributed by atoms with E-state index in [1.807, 2.05) is 24.3 Å². The molecule has 1 aliphatic heterocycles. The second-order valence-electron chi connectivity index (χ2n) is 6.70. The molecule has 1 aliphatic rings. The van der Waals surface area contributed by atoms with Crippen molar-refractivity contribution in [2.24, 2.45) is 5.92 Å². The summed E-state index contributed by atoms with van der Waals surface area (Å²) in [7, 11) is 0. The fraction of sp³-hybridized carbons (Fsp3) is 0.556. The van der Waals surface area contributed by atoms with E-state index in [2.05, 4.69) is 44.8 Å². The molecule has 2 aromatic rings. The summed E-state index contributed by atoms with van der Waals surface area (Å²) < 4.78 is 12.5. The lowest BCUT2D eigenvalue weighted by Gasteiger charge is -2.33. The van der Waals surface area contributed by atoms with Gasteiger partial charge in [-0.05, 0) is 49.4 Å². The molecule has 1 atom stereocenters. The molecule has 1 saturated heterocycles. The predicted molar refractivity (Wildman–Crippen MR) is 97.5 cm³/mol. The van der Waals surface area contributed by atoms with E-state index in [1.54, 1.807) is 0 Å². The summed E-state index contributed by atoms with van der Waals surface area (Å²) in [6.45, 7) is 5.89. The van der Waals surface area contributed by atoms with E-state index in [0.717, 1.165) is 41.9 Å². The number of halogens is 1. The third kappa shape index (κ3) is 4.50. The van der Waals surface area contributed by atoms with Crippen LogP contribution in [0.4, 0.5) is 6.01 Å². The highest BCUT2D eigenvalue weighted by molar-refractivity contribution is 9.10. The fourth-order valence-electron chi connectivity index (χ4n) is 2.96. The van der Waals surface area contributed by atoms with E-state index in [1.165, 1.54) is 6.42 Å². The van der Waals surface area contributed by atoms with Gasteiger partial charge in [0.05, 0.1) is 6.04 Å². The van der Waals surface area contributed by atoms with Gasteiger partial charge < -0.3 is 14.2 Å². The lowest BCUT2D eigenvalue weighted by atomic mass is 10.0. The number of benzene rings is 1. The van der Waals surface area contributed by atoms with Crippen molar-refractivity contribution in [3.63, 3.8) is 0 Å². The van der Waals surface area contributed by atoms with Crippen molar-refractivity contribution in [1.29, 1.82) is 0 Å². The van der Waals surface area contributed by atoms with Crippen LogP contribution in [0, 0.1) is 5.92 Å². The SMILES string of the molecule is CC(C)Cc1noc(N2CCCCC2COc2ccc(Br)cc2)n1. The van der Waals surface area contributed by atoms with E-state index < -0.39 is 0 Å². The van der Waals surface area contributed by atoms with Crippen LogP contribution in [0.1, 0.15) is 38.9 Å². The number of aromatic nitrogens is 2. The second-order valence-corrected chi connectivity index (χ2v) is 7.61. The Morgan fingerprint density at radius 1 is 1.29 bits per heavy atom. The maximum absolute atomic E-state index is 5.97. The van der Waals surface area contributed by atoms with Crippen LogP contribution in [0.15, 0.2) is 33.3 Å². The average Bonchev–Trinajstić information content (AvgIpc) is 3.02. The van der Waals surface area contributed by atoms with Gasteiger partial charge in [-0.25, -0.2) is 0 Å². The number of ether oxygens (including phenoxy) is 1. The van der Waals surface area contributed by atoms with Crippen molar-refractivity contribution in [3.05, 3.63) is 34.6 Å². The quantitative estimate of drug-likeness (QED) is 0.724. The van der Waals surface area contributed by atoms with Gasteiger partial charge in [-0.1, -0.05) is 34.9 Å². The molecule has 0 radical (unpaired) electrons. The zero-order chi connectivity index (χ0) is 16.9. The normalized spacial score (nSPS) is 18.2. The number of piperidine rings is 1. The van der Waals surface area contributed by atoms with Gasteiger partial charge in [-0.2, -0.15) is 4.98 Å².